The Balaban J connectivity index is 1.63. The molecule has 0 saturated carbocycles. The molecule has 0 unspecified atom stereocenters. The third kappa shape index (κ3) is 3.75. The molecule has 0 saturated heterocycles. The number of hydrogen-bond acceptors (Lipinski definition) is 5. The highest BCUT2D eigenvalue weighted by molar-refractivity contribution is 6.00. The number of carbonyl (C=O) groups is 1. The van der Waals surface area contributed by atoms with E-state index in [1.807, 2.05) is 52.0 Å². The molecule has 0 radical (unpaired) electrons. The maximum atomic E-state index is 12.7. The molecule has 0 fully saturated rings. The van der Waals surface area contributed by atoms with Gasteiger partial charge in [0, 0.05) is 22.9 Å². The number of hydrogen-bond donors (Lipinski definition) is 2. The maximum Gasteiger partial charge on any atom is 0.340 e. The number of benzene rings is 2. The molecule has 0 aliphatic rings. The van der Waals surface area contributed by atoms with Crippen LogP contribution in [-0.2, 0) is 11.2 Å². The third-order valence-electron chi connectivity index (χ3n) is 5.96. The van der Waals surface area contributed by atoms with Gasteiger partial charge in [0.15, 0.2) is 0 Å². The van der Waals surface area contributed by atoms with E-state index in [0.29, 0.717) is 22.3 Å². The predicted octanol–water partition coefficient (Wildman–Crippen LogP) is 4.17. The summed E-state index contributed by atoms with van der Waals surface area (Å²) >= 11 is 0. The molecule has 4 rings (SSSR count). The van der Waals surface area contributed by atoms with Crippen LogP contribution >= 0.6 is 0 Å². The van der Waals surface area contributed by atoms with Gasteiger partial charge in [-0.15, -0.1) is 0 Å². The minimum Gasteiger partial charge on any atom is -0.461 e. The Hall–Kier alpha value is -3.38. The van der Waals surface area contributed by atoms with Gasteiger partial charge in [-0.05, 0) is 50.5 Å². The summed E-state index contributed by atoms with van der Waals surface area (Å²) in [5, 5.41) is 14.7. The summed E-state index contributed by atoms with van der Waals surface area (Å²) in [5.41, 5.74) is 4.22. The molecule has 6 heteroatoms. The number of carbonyl (C=O) groups excluding carboxylic acids is 1. The van der Waals surface area contributed by atoms with Gasteiger partial charge in [0.2, 0.25) is 5.91 Å². The molecule has 1 amide bonds. The Morgan fingerprint density at radius 1 is 0.968 bits per heavy atom. The topological polar surface area (TPSA) is 92.7 Å². The molecule has 0 bridgehead atoms. The van der Waals surface area contributed by atoms with E-state index in [1.165, 1.54) is 0 Å². The smallest absolute Gasteiger partial charge is 0.340 e. The molecule has 4 aromatic rings. The van der Waals surface area contributed by atoms with Crippen molar-refractivity contribution in [3.05, 3.63) is 80.4 Å². The van der Waals surface area contributed by atoms with Gasteiger partial charge in [0.25, 0.3) is 0 Å². The fraction of sp³-hybridized carbons (Fsp3) is 0.280. The number of fused-ring (bicyclic) bond motifs is 2. The monoisotopic (exact) mass is 419 g/mol. The van der Waals surface area contributed by atoms with Gasteiger partial charge in [0.05, 0.1) is 18.1 Å². The van der Waals surface area contributed by atoms with E-state index in [1.54, 1.807) is 12.1 Å². The molecule has 2 aromatic carbocycles. The second-order valence-electron chi connectivity index (χ2n) is 7.94. The molecule has 160 valence electrons. The molecule has 1 atom stereocenters. The second kappa shape index (κ2) is 8.04. The first kappa shape index (κ1) is 20.9. The molecule has 6 nitrogen and oxygen atoms in total. The van der Waals surface area contributed by atoms with Crippen LogP contribution in [-0.4, -0.2) is 17.6 Å². The van der Waals surface area contributed by atoms with Crippen molar-refractivity contribution in [2.24, 2.45) is 0 Å². The van der Waals surface area contributed by atoms with Gasteiger partial charge in [-0.3, -0.25) is 4.79 Å². The van der Waals surface area contributed by atoms with Crippen molar-refractivity contribution < 1.29 is 18.7 Å². The standard InChI is InChI=1S/C25H25NO5/c1-13-16(4)30-23-15(3)24-19(10-18(13)23)14(2)20(25(29)31-24)11-22(28)26-12-21(27)17-8-6-5-7-9-17/h5-10,21,27H,11-12H2,1-4H3,(H,26,28)/t21-/m0/s1. The predicted molar refractivity (Wildman–Crippen MR) is 119 cm³/mol. The molecule has 2 N–H and O–H groups in total. The van der Waals surface area contributed by atoms with Gasteiger partial charge in [-0.25, -0.2) is 4.79 Å². The normalized spacial score (nSPS) is 12.4. The summed E-state index contributed by atoms with van der Waals surface area (Å²) in [6.07, 6.45) is -0.936. The maximum absolute atomic E-state index is 12.7. The molecule has 0 aliphatic heterocycles. The highest BCUT2D eigenvalue weighted by atomic mass is 16.4. The lowest BCUT2D eigenvalue weighted by atomic mass is 9.98. The lowest BCUT2D eigenvalue weighted by Gasteiger charge is -2.13. The van der Waals surface area contributed by atoms with Gasteiger partial charge in [0.1, 0.15) is 16.9 Å². The molecular weight excluding hydrogens is 394 g/mol. The first-order valence-corrected chi connectivity index (χ1v) is 10.2. The van der Waals surface area contributed by atoms with E-state index in [9.17, 15) is 14.7 Å². The van der Waals surface area contributed by atoms with Crippen LogP contribution in [0, 0.1) is 27.7 Å². The van der Waals surface area contributed by atoms with Crippen molar-refractivity contribution in [2.75, 3.05) is 6.54 Å². The largest absolute Gasteiger partial charge is 0.461 e. The Morgan fingerprint density at radius 3 is 2.32 bits per heavy atom. The van der Waals surface area contributed by atoms with Gasteiger partial charge in [-0.1, -0.05) is 30.3 Å². The lowest BCUT2D eigenvalue weighted by molar-refractivity contribution is -0.120. The summed E-state index contributed by atoms with van der Waals surface area (Å²) in [6.45, 7) is 7.66. The highest BCUT2D eigenvalue weighted by Crippen LogP contribution is 2.34. The fourth-order valence-corrected chi connectivity index (χ4v) is 3.92. The minimum absolute atomic E-state index is 0.0635. The van der Waals surface area contributed by atoms with Gasteiger partial charge >= 0.3 is 5.63 Å². The average molecular weight is 419 g/mol. The first-order chi connectivity index (χ1) is 14.8. The summed E-state index contributed by atoms with van der Waals surface area (Å²) in [4.78, 5) is 25.2. The zero-order valence-electron chi connectivity index (χ0n) is 18.0. The first-order valence-electron chi connectivity index (χ1n) is 10.2. The van der Waals surface area contributed by atoms with Crippen molar-refractivity contribution in [2.45, 2.75) is 40.2 Å². The average Bonchev–Trinajstić information content (AvgIpc) is 3.05. The minimum atomic E-state index is -0.817. The van der Waals surface area contributed by atoms with E-state index in [0.717, 1.165) is 33.2 Å². The van der Waals surface area contributed by atoms with E-state index >= 15 is 0 Å². The van der Waals surface area contributed by atoms with Crippen LogP contribution in [0.2, 0.25) is 0 Å². The van der Waals surface area contributed by atoms with Crippen LogP contribution in [0.4, 0.5) is 0 Å². The Labute approximate surface area is 179 Å². The number of nitrogens with one attached hydrogen (secondary N) is 1. The van der Waals surface area contributed by atoms with Crippen molar-refractivity contribution in [1.82, 2.24) is 5.32 Å². The van der Waals surface area contributed by atoms with Crippen molar-refractivity contribution in [3.63, 3.8) is 0 Å². The molecule has 2 aromatic heterocycles. The van der Waals surface area contributed by atoms with Gasteiger partial charge < -0.3 is 19.3 Å². The van der Waals surface area contributed by atoms with E-state index < -0.39 is 11.7 Å². The van der Waals surface area contributed by atoms with E-state index in [4.69, 9.17) is 8.83 Å². The van der Waals surface area contributed by atoms with Crippen molar-refractivity contribution >= 4 is 27.8 Å². The Bertz CT molecular complexity index is 1350. The number of furan rings is 1. The van der Waals surface area contributed by atoms with Crippen molar-refractivity contribution in [1.29, 1.82) is 0 Å². The Morgan fingerprint density at radius 2 is 1.61 bits per heavy atom. The summed E-state index contributed by atoms with van der Waals surface area (Å²) < 4.78 is 11.5. The van der Waals surface area contributed by atoms with Crippen LogP contribution in [0.15, 0.2) is 50.0 Å². The molecule has 31 heavy (non-hydrogen) atoms. The molecule has 2 heterocycles. The summed E-state index contributed by atoms with van der Waals surface area (Å²) in [7, 11) is 0. The lowest BCUT2D eigenvalue weighted by Crippen LogP contribution is -2.31. The van der Waals surface area contributed by atoms with Crippen LogP contribution in [0.25, 0.3) is 21.9 Å². The number of aliphatic hydroxyl groups is 1. The quantitative estimate of drug-likeness (QED) is 0.474. The SMILES string of the molecule is Cc1oc2c(C)c3oc(=O)c(CC(=O)NC[C@H](O)c4ccccc4)c(C)c3cc2c1C. The zero-order chi connectivity index (χ0) is 22.3. The third-order valence-corrected chi connectivity index (χ3v) is 5.96. The fourth-order valence-electron chi connectivity index (χ4n) is 3.92. The molecule has 0 aliphatic carbocycles. The summed E-state index contributed by atoms with van der Waals surface area (Å²) in [6, 6.07) is 11.1. The highest BCUT2D eigenvalue weighted by Gasteiger charge is 2.20. The van der Waals surface area contributed by atoms with Crippen LogP contribution in [0.1, 0.15) is 39.7 Å². The van der Waals surface area contributed by atoms with Crippen molar-refractivity contribution in [3.8, 4) is 0 Å². The van der Waals surface area contributed by atoms with Crippen LogP contribution in [0.3, 0.4) is 0 Å². The number of aryl methyl sites for hydroxylation is 4. The number of rotatable bonds is 5. The number of amides is 1. The molecular formula is C25H25NO5. The zero-order valence-corrected chi connectivity index (χ0v) is 18.0. The van der Waals surface area contributed by atoms with Crippen LogP contribution in [0.5, 0.6) is 0 Å². The number of aliphatic hydroxyl groups excluding tert-OH is 1. The van der Waals surface area contributed by atoms with E-state index in [2.05, 4.69) is 5.32 Å². The van der Waals surface area contributed by atoms with E-state index in [-0.39, 0.29) is 18.9 Å². The Kier molecular flexibility index (Phi) is 5.41. The second-order valence-corrected chi connectivity index (χ2v) is 7.94. The molecule has 0 spiro atoms. The van der Waals surface area contributed by atoms with Gasteiger partial charge in [-0.2, -0.15) is 0 Å². The van der Waals surface area contributed by atoms with Crippen LogP contribution < -0.4 is 10.9 Å². The summed E-state index contributed by atoms with van der Waals surface area (Å²) in [5.74, 6) is 0.475.